The maximum Gasteiger partial charge on any atom is 0.340 e. The maximum atomic E-state index is 11.7. The Morgan fingerprint density at radius 1 is 1.39 bits per heavy atom. The summed E-state index contributed by atoms with van der Waals surface area (Å²) in [7, 11) is 0. The Hall–Kier alpha value is -1.71. The van der Waals surface area contributed by atoms with E-state index in [0.717, 1.165) is 5.69 Å². The van der Waals surface area contributed by atoms with Gasteiger partial charge in [0.1, 0.15) is 0 Å². The van der Waals surface area contributed by atoms with E-state index in [4.69, 9.17) is 10.5 Å². The molecular weight excluding hydrogens is 228 g/mol. The summed E-state index contributed by atoms with van der Waals surface area (Å²) in [6, 6.07) is 5.64. The Morgan fingerprint density at radius 3 is 2.61 bits per heavy atom. The molecule has 18 heavy (non-hydrogen) atoms. The van der Waals surface area contributed by atoms with Crippen molar-refractivity contribution in [3.63, 3.8) is 0 Å². The van der Waals surface area contributed by atoms with Crippen LogP contribution in [0.5, 0.6) is 0 Å². The molecule has 0 heterocycles. The number of nitrogen functional groups attached to an aromatic ring is 1. The number of rotatable bonds is 5. The maximum absolute atomic E-state index is 11.7. The summed E-state index contributed by atoms with van der Waals surface area (Å²) in [6.07, 6.45) is 0. The Morgan fingerprint density at radius 2 is 2.06 bits per heavy atom. The molecule has 0 amide bonds. The first-order valence-corrected chi connectivity index (χ1v) is 6.29. The Kier molecular flexibility index (Phi) is 5.01. The minimum Gasteiger partial charge on any atom is -0.462 e. The quantitative estimate of drug-likeness (QED) is 0.623. The molecule has 0 bridgehead atoms. The number of nitrogens with one attached hydrogen (secondary N) is 1. The summed E-state index contributed by atoms with van der Waals surface area (Å²) in [6.45, 7) is 8.46. The van der Waals surface area contributed by atoms with Crippen molar-refractivity contribution in [3.8, 4) is 0 Å². The monoisotopic (exact) mass is 250 g/mol. The number of anilines is 2. The largest absolute Gasteiger partial charge is 0.462 e. The van der Waals surface area contributed by atoms with E-state index < -0.39 is 0 Å². The number of esters is 1. The van der Waals surface area contributed by atoms with Gasteiger partial charge < -0.3 is 15.8 Å². The molecule has 1 rings (SSSR count). The molecule has 3 N–H and O–H groups in total. The Bertz CT molecular complexity index is 416. The number of carbonyl (C=O) groups is 1. The second kappa shape index (κ2) is 6.28. The summed E-state index contributed by atoms with van der Waals surface area (Å²) in [5.74, 6) is 0.103. The van der Waals surface area contributed by atoms with E-state index in [9.17, 15) is 4.79 Å². The van der Waals surface area contributed by atoms with Gasteiger partial charge in [0.05, 0.1) is 23.5 Å². The van der Waals surface area contributed by atoms with Crippen LogP contribution in [0.15, 0.2) is 18.2 Å². The van der Waals surface area contributed by atoms with Gasteiger partial charge in [0.2, 0.25) is 0 Å². The van der Waals surface area contributed by atoms with Crippen LogP contribution in [0.1, 0.15) is 38.1 Å². The van der Waals surface area contributed by atoms with Gasteiger partial charge in [-0.15, -0.1) is 0 Å². The predicted molar refractivity (Wildman–Crippen MR) is 74.7 cm³/mol. The van der Waals surface area contributed by atoms with E-state index >= 15 is 0 Å². The zero-order chi connectivity index (χ0) is 13.7. The molecular formula is C14H22N2O2. The average Bonchev–Trinajstić information content (AvgIpc) is 2.31. The van der Waals surface area contributed by atoms with Crippen LogP contribution in [0.25, 0.3) is 0 Å². The van der Waals surface area contributed by atoms with E-state index in [2.05, 4.69) is 26.1 Å². The number of hydrogen-bond acceptors (Lipinski definition) is 4. The van der Waals surface area contributed by atoms with E-state index in [0.29, 0.717) is 23.8 Å². The third-order valence-electron chi connectivity index (χ3n) is 2.98. The molecule has 1 aromatic rings. The molecule has 0 aliphatic rings. The van der Waals surface area contributed by atoms with Crippen molar-refractivity contribution in [2.24, 2.45) is 5.92 Å². The van der Waals surface area contributed by atoms with Crippen LogP contribution < -0.4 is 11.1 Å². The van der Waals surface area contributed by atoms with Gasteiger partial charge in [0.25, 0.3) is 0 Å². The standard InChI is InChI=1S/C14H22N2O2/c1-5-18-14(17)11-7-6-8-12(13(11)15)16-10(4)9(2)3/h6-10,16H,5,15H2,1-4H3. The van der Waals surface area contributed by atoms with Crippen LogP contribution in [-0.2, 0) is 4.74 Å². The lowest BCUT2D eigenvalue weighted by Crippen LogP contribution is -2.22. The van der Waals surface area contributed by atoms with Crippen molar-refractivity contribution in [3.05, 3.63) is 23.8 Å². The highest BCUT2D eigenvalue weighted by molar-refractivity contribution is 5.98. The number of carbonyl (C=O) groups excluding carboxylic acids is 1. The summed E-state index contributed by atoms with van der Waals surface area (Å²) >= 11 is 0. The first-order chi connectivity index (χ1) is 8.47. The molecule has 4 nitrogen and oxygen atoms in total. The SMILES string of the molecule is CCOC(=O)c1cccc(NC(C)C(C)C)c1N. The Balaban J connectivity index is 2.95. The molecule has 0 radical (unpaired) electrons. The van der Waals surface area contributed by atoms with Crippen LogP contribution in [0, 0.1) is 5.92 Å². The van der Waals surface area contributed by atoms with Gasteiger partial charge in [-0.2, -0.15) is 0 Å². The number of para-hydroxylation sites is 1. The fourth-order valence-electron chi connectivity index (χ4n) is 1.49. The van der Waals surface area contributed by atoms with Gasteiger partial charge in [-0.05, 0) is 31.9 Å². The number of benzene rings is 1. The van der Waals surface area contributed by atoms with Gasteiger partial charge >= 0.3 is 5.97 Å². The van der Waals surface area contributed by atoms with Crippen molar-refractivity contribution in [1.29, 1.82) is 0 Å². The number of hydrogen-bond donors (Lipinski definition) is 2. The topological polar surface area (TPSA) is 64.3 Å². The third kappa shape index (κ3) is 3.39. The van der Waals surface area contributed by atoms with E-state index in [1.165, 1.54) is 0 Å². The molecule has 0 aromatic heterocycles. The molecule has 0 spiro atoms. The molecule has 0 aliphatic carbocycles. The first kappa shape index (κ1) is 14.4. The van der Waals surface area contributed by atoms with Crippen LogP contribution in [0.4, 0.5) is 11.4 Å². The van der Waals surface area contributed by atoms with Crippen LogP contribution in [0.2, 0.25) is 0 Å². The second-order valence-corrected chi connectivity index (χ2v) is 4.66. The minimum atomic E-state index is -0.379. The summed E-state index contributed by atoms with van der Waals surface area (Å²) in [4.78, 5) is 11.7. The van der Waals surface area contributed by atoms with Crippen LogP contribution >= 0.6 is 0 Å². The predicted octanol–water partition coefficient (Wildman–Crippen LogP) is 2.90. The van der Waals surface area contributed by atoms with E-state index in [1.807, 2.05) is 6.07 Å². The lowest BCUT2D eigenvalue weighted by Gasteiger charge is -2.20. The van der Waals surface area contributed by atoms with Gasteiger partial charge in [-0.1, -0.05) is 19.9 Å². The molecule has 1 atom stereocenters. The highest BCUT2D eigenvalue weighted by Crippen LogP contribution is 2.25. The highest BCUT2D eigenvalue weighted by atomic mass is 16.5. The molecule has 100 valence electrons. The van der Waals surface area contributed by atoms with Crippen molar-refractivity contribution >= 4 is 17.3 Å². The third-order valence-corrected chi connectivity index (χ3v) is 2.98. The second-order valence-electron chi connectivity index (χ2n) is 4.66. The lowest BCUT2D eigenvalue weighted by atomic mass is 10.1. The van der Waals surface area contributed by atoms with Gasteiger partial charge in [-0.25, -0.2) is 4.79 Å². The molecule has 0 aliphatic heterocycles. The van der Waals surface area contributed by atoms with Crippen LogP contribution in [-0.4, -0.2) is 18.6 Å². The Labute approximate surface area is 109 Å². The molecule has 0 saturated heterocycles. The zero-order valence-electron chi connectivity index (χ0n) is 11.5. The molecule has 1 unspecified atom stereocenters. The molecule has 0 saturated carbocycles. The zero-order valence-corrected chi connectivity index (χ0v) is 11.5. The van der Waals surface area contributed by atoms with Crippen molar-refractivity contribution < 1.29 is 9.53 Å². The molecule has 4 heteroatoms. The normalized spacial score (nSPS) is 12.3. The molecule has 0 fully saturated rings. The van der Waals surface area contributed by atoms with Gasteiger partial charge in [-0.3, -0.25) is 0 Å². The van der Waals surface area contributed by atoms with Crippen molar-refractivity contribution in [2.75, 3.05) is 17.7 Å². The van der Waals surface area contributed by atoms with Crippen molar-refractivity contribution in [2.45, 2.75) is 33.7 Å². The summed E-state index contributed by atoms with van der Waals surface area (Å²) in [5.41, 5.74) is 7.64. The molecule has 1 aromatic carbocycles. The average molecular weight is 250 g/mol. The van der Waals surface area contributed by atoms with Crippen LogP contribution in [0.3, 0.4) is 0 Å². The lowest BCUT2D eigenvalue weighted by molar-refractivity contribution is 0.0527. The smallest absolute Gasteiger partial charge is 0.340 e. The van der Waals surface area contributed by atoms with Gasteiger partial charge in [0, 0.05) is 6.04 Å². The first-order valence-electron chi connectivity index (χ1n) is 6.29. The fourth-order valence-corrected chi connectivity index (χ4v) is 1.49. The van der Waals surface area contributed by atoms with E-state index in [-0.39, 0.29) is 12.0 Å². The summed E-state index contributed by atoms with van der Waals surface area (Å²) < 4.78 is 4.97. The number of nitrogens with two attached hydrogens (primary N) is 1. The van der Waals surface area contributed by atoms with Gasteiger partial charge in [0.15, 0.2) is 0 Å². The fraction of sp³-hybridized carbons (Fsp3) is 0.500. The van der Waals surface area contributed by atoms with Crippen molar-refractivity contribution in [1.82, 2.24) is 0 Å². The highest BCUT2D eigenvalue weighted by Gasteiger charge is 2.15. The number of ether oxygens (including phenoxy) is 1. The summed E-state index contributed by atoms with van der Waals surface area (Å²) in [5, 5.41) is 3.31. The minimum absolute atomic E-state index is 0.282. The van der Waals surface area contributed by atoms with E-state index in [1.54, 1.807) is 19.1 Å².